The van der Waals surface area contributed by atoms with Crippen molar-refractivity contribution in [1.29, 1.82) is 0 Å². The highest BCUT2D eigenvalue weighted by atomic mass is 15.2. The van der Waals surface area contributed by atoms with Crippen LogP contribution in [0, 0.1) is 0 Å². The summed E-state index contributed by atoms with van der Waals surface area (Å²) in [6, 6.07) is 13.2. The van der Waals surface area contributed by atoms with E-state index in [1.165, 1.54) is 0 Å². The molecule has 0 N–H and O–H groups in total. The highest BCUT2D eigenvalue weighted by molar-refractivity contribution is 5.04. The average molecular weight is 326 g/mol. The van der Waals surface area contributed by atoms with Gasteiger partial charge in [0.2, 0.25) is 0 Å². The molecule has 24 heavy (non-hydrogen) atoms. The van der Waals surface area contributed by atoms with Gasteiger partial charge in [-0.25, -0.2) is 0 Å². The van der Waals surface area contributed by atoms with Gasteiger partial charge in [-0.15, -0.1) is 0 Å². The molecule has 0 unspecified atom stereocenters. The van der Waals surface area contributed by atoms with Crippen LogP contribution in [0.25, 0.3) is 0 Å². The summed E-state index contributed by atoms with van der Waals surface area (Å²) in [5.41, 5.74) is 2.26. The summed E-state index contributed by atoms with van der Waals surface area (Å²) in [5, 5.41) is 0. The van der Waals surface area contributed by atoms with E-state index in [0.717, 1.165) is 37.6 Å². The van der Waals surface area contributed by atoms with Crippen LogP contribution in [0.3, 0.4) is 0 Å². The van der Waals surface area contributed by atoms with E-state index in [0.29, 0.717) is 12.1 Å². The highest BCUT2D eigenvalue weighted by Crippen LogP contribution is 2.10. The van der Waals surface area contributed by atoms with E-state index in [1.807, 2.05) is 24.5 Å². The first-order valence-corrected chi connectivity index (χ1v) is 8.84. The van der Waals surface area contributed by atoms with Crippen LogP contribution in [0.2, 0.25) is 0 Å². The van der Waals surface area contributed by atoms with Crippen molar-refractivity contribution in [3.05, 3.63) is 60.2 Å². The fraction of sp³-hybridized carbons (Fsp3) is 0.500. The summed E-state index contributed by atoms with van der Waals surface area (Å²) in [6.45, 7) is 12.9. The number of rotatable bonds is 9. The lowest BCUT2D eigenvalue weighted by Crippen LogP contribution is -2.40. The summed E-state index contributed by atoms with van der Waals surface area (Å²) in [4.78, 5) is 13.9. The van der Waals surface area contributed by atoms with E-state index in [4.69, 9.17) is 0 Å². The van der Waals surface area contributed by atoms with Crippen molar-refractivity contribution in [1.82, 2.24) is 19.8 Å². The van der Waals surface area contributed by atoms with Gasteiger partial charge in [-0.05, 0) is 52.0 Å². The summed E-state index contributed by atoms with van der Waals surface area (Å²) < 4.78 is 0. The smallest absolute Gasteiger partial charge is 0.0544 e. The molecule has 0 spiro atoms. The van der Waals surface area contributed by atoms with Crippen LogP contribution in [-0.2, 0) is 13.1 Å². The topological polar surface area (TPSA) is 32.3 Å². The number of pyridine rings is 2. The van der Waals surface area contributed by atoms with Gasteiger partial charge in [0.15, 0.2) is 0 Å². The number of hydrogen-bond acceptors (Lipinski definition) is 4. The molecule has 0 amide bonds. The lowest BCUT2D eigenvalue weighted by molar-refractivity contribution is 0.143. The van der Waals surface area contributed by atoms with Gasteiger partial charge >= 0.3 is 0 Å². The molecular formula is C20H30N4. The molecule has 0 aromatic carbocycles. The third-order valence-electron chi connectivity index (χ3n) is 4.32. The first-order chi connectivity index (χ1) is 11.6. The van der Waals surface area contributed by atoms with Gasteiger partial charge in [-0.2, -0.15) is 0 Å². The largest absolute Gasteiger partial charge is 0.294 e. The molecule has 0 radical (unpaired) electrons. The van der Waals surface area contributed by atoms with E-state index in [1.54, 1.807) is 0 Å². The van der Waals surface area contributed by atoms with Crippen LogP contribution in [0.4, 0.5) is 0 Å². The maximum absolute atomic E-state index is 4.47. The van der Waals surface area contributed by atoms with Crippen LogP contribution >= 0.6 is 0 Å². The Bertz CT molecular complexity index is 515. The maximum Gasteiger partial charge on any atom is 0.0544 e. The molecule has 0 aliphatic carbocycles. The molecule has 4 heteroatoms. The molecule has 0 aliphatic heterocycles. The van der Waals surface area contributed by atoms with E-state index >= 15 is 0 Å². The zero-order chi connectivity index (χ0) is 17.4. The second kappa shape index (κ2) is 9.50. The van der Waals surface area contributed by atoms with E-state index < -0.39 is 0 Å². The van der Waals surface area contributed by atoms with Gasteiger partial charge in [0.25, 0.3) is 0 Å². The van der Waals surface area contributed by atoms with Crippen LogP contribution in [-0.4, -0.2) is 44.9 Å². The number of nitrogens with zero attached hydrogens (tertiary/aromatic N) is 4. The Labute approximate surface area is 146 Å². The Hall–Kier alpha value is -1.78. The van der Waals surface area contributed by atoms with Gasteiger partial charge in [0.1, 0.15) is 0 Å². The zero-order valence-electron chi connectivity index (χ0n) is 15.4. The minimum absolute atomic E-state index is 0.496. The van der Waals surface area contributed by atoms with Crippen molar-refractivity contribution in [3.8, 4) is 0 Å². The van der Waals surface area contributed by atoms with Gasteiger partial charge in [0.05, 0.1) is 11.4 Å². The van der Waals surface area contributed by atoms with E-state index in [9.17, 15) is 0 Å². The summed E-state index contributed by atoms with van der Waals surface area (Å²) in [7, 11) is 0. The van der Waals surface area contributed by atoms with Crippen LogP contribution in [0.5, 0.6) is 0 Å². The second-order valence-corrected chi connectivity index (χ2v) is 6.77. The standard InChI is InChI=1S/C20H30N4/c1-17(2)23(15-19-9-5-7-11-21-19)13-14-24(18(3)4)16-20-10-6-8-12-22-20/h5-12,17-18H,13-16H2,1-4H3. The second-order valence-electron chi connectivity index (χ2n) is 6.77. The molecule has 0 saturated carbocycles. The van der Waals surface area contributed by atoms with Crippen molar-refractivity contribution in [2.24, 2.45) is 0 Å². The van der Waals surface area contributed by atoms with Crippen LogP contribution in [0.1, 0.15) is 39.1 Å². The first-order valence-electron chi connectivity index (χ1n) is 8.84. The van der Waals surface area contributed by atoms with E-state index in [2.05, 4.69) is 71.7 Å². The molecular weight excluding hydrogens is 296 g/mol. The molecule has 130 valence electrons. The van der Waals surface area contributed by atoms with Crippen molar-refractivity contribution in [2.75, 3.05) is 13.1 Å². The molecule has 2 aromatic rings. The Morgan fingerprint density at radius 1 is 0.708 bits per heavy atom. The Kier molecular flexibility index (Phi) is 7.35. The van der Waals surface area contributed by atoms with Crippen LogP contribution < -0.4 is 0 Å². The summed E-state index contributed by atoms with van der Waals surface area (Å²) in [6.07, 6.45) is 3.74. The monoisotopic (exact) mass is 326 g/mol. The quantitative estimate of drug-likeness (QED) is 0.705. The lowest BCUT2D eigenvalue weighted by Gasteiger charge is -2.32. The van der Waals surface area contributed by atoms with Gasteiger partial charge < -0.3 is 0 Å². The minimum Gasteiger partial charge on any atom is -0.294 e. The first kappa shape index (κ1) is 18.6. The fourth-order valence-corrected chi connectivity index (χ4v) is 2.70. The van der Waals surface area contributed by atoms with Gasteiger partial charge in [-0.3, -0.25) is 19.8 Å². The van der Waals surface area contributed by atoms with Crippen LogP contribution in [0.15, 0.2) is 48.8 Å². The van der Waals surface area contributed by atoms with Crippen molar-refractivity contribution in [3.63, 3.8) is 0 Å². The third kappa shape index (κ3) is 6.02. The van der Waals surface area contributed by atoms with Gasteiger partial charge in [0, 0.05) is 50.7 Å². The molecule has 0 bridgehead atoms. The van der Waals surface area contributed by atoms with Crippen molar-refractivity contribution < 1.29 is 0 Å². The lowest BCUT2D eigenvalue weighted by atomic mass is 10.2. The molecule has 2 aromatic heterocycles. The Morgan fingerprint density at radius 3 is 1.42 bits per heavy atom. The Morgan fingerprint density at radius 2 is 1.12 bits per heavy atom. The van der Waals surface area contributed by atoms with Gasteiger partial charge in [-0.1, -0.05) is 12.1 Å². The fourth-order valence-electron chi connectivity index (χ4n) is 2.70. The summed E-state index contributed by atoms with van der Waals surface area (Å²) >= 11 is 0. The van der Waals surface area contributed by atoms with Crippen molar-refractivity contribution >= 4 is 0 Å². The molecule has 0 aliphatic rings. The predicted octanol–water partition coefficient (Wildman–Crippen LogP) is 3.60. The zero-order valence-corrected chi connectivity index (χ0v) is 15.4. The third-order valence-corrected chi connectivity index (χ3v) is 4.32. The molecule has 0 saturated heterocycles. The molecule has 0 atom stereocenters. The molecule has 2 rings (SSSR count). The van der Waals surface area contributed by atoms with E-state index in [-0.39, 0.29) is 0 Å². The van der Waals surface area contributed by atoms with Crippen molar-refractivity contribution in [2.45, 2.75) is 52.9 Å². The highest BCUT2D eigenvalue weighted by Gasteiger charge is 2.15. The molecule has 2 heterocycles. The minimum atomic E-state index is 0.496. The normalized spacial score (nSPS) is 11.8. The maximum atomic E-state index is 4.47. The molecule has 0 fully saturated rings. The summed E-state index contributed by atoms with van der Waals surface area (Å²) in [5.74, 6) is 0. The molecule has 4 nitrogen and oxygen atoms in total. The Balaban J connectivity index is 1.95. The number of aromatic nitrogens is 2. The average Bonchev–Trinajstić information content (AvgIpc) is 2.58. The predicted molar refractivity (Wildman–Crippen MR) is 99.6 cm³/mol. The number of hydrogen-bond donors (Lipinski definition) is 0. The SMILES string of the molecule is CC(C)N(CCN(Cc1ccccn1)C(C)C)Cc1ccccn1.